The van der Waals surface area contributed by atoms with Crippen molar-refractivity contribution in [2.75, 3.05) is 27.4 Å². The Bertz CT molecular complexity index is 874. The number of benzene rings is 2. The second-order valence-electron chi connectivity index (χ2n) is 6.43. The standard InChI is InChI=1S/C21H22FNO6/c1-26-18-9-5-6-10-19(18)28-13-20(24)23-12-14(11-16(23)21(25)27-2)29-17-8-4-3-7-15(17)22/h3-10,14,16H,11-13H2,1-2H3/t14-,16-/m1/s1. The van der Waals surface area contributed by atoms with Crippen LogP contribution >= 0.6 is 0 Å². The molecule has 2 aromatic carbocycles. The van der Waals surface area contributed by atoms with E-state index < -0.39 is 29.8 Å². The second kappa shape index (κ2) is 9.27. The highest BCUT2D eigenvalue weighted by molar-refractivity contribution is 5.86. The minimum atomic E-state index is -0.828. The van der Waals surface area contributed by atoms with E-state index in [-0.39, 0.29) is 25.3 Å². The average Bonchev–Trinajstić information content (AvgIpc) is 3.17. The van der Waals surface area contributed by atoms with Crippen LogP contribution in [0.1, 0.15) is 6.42 Å². The third-order valence-corrected chi connectivity index (χ3v) is 4.61. The number of carbonyl (C=O) groups excluding carboxylic acids is 2. The fraction of sp³-hybridized carbons (Fsp3) is 0.333. The second-order valence-corrected chi connectivity index (χ2v) is 6.43. The highest BCUT2D eigenvalue weighted by Crippen LogP contribution is 2.28. The van der Waals surface area contributed by atoms with Crippen molar-refractivity contribution >= 4 is 11.9 Å². The fourth-order valence-corrected chi connectivity index (χ4v) is 3.20. The van der Waals surface area contributed by atoms with Crippen molar-refractivity contribution in [3.05, 3.63) is 54.3 Å². The smallest absolute Gasteiger partial charge is 0.328 e. The van der Waals surface area contributed by atoms with Gasteiger partial charge in [0.05, 0.1) is 20.8 Å². The molecule has 0 spiro atoms. The van der Waals surface area contributed by atoms with Gasteiger partial charge in [0.15, 0.2) is 29.7 Å². The normalized spacial score (nSPS) is 18.2. The number of hydrogen-bond acceptors (Lipinski definition) is 6. The van der Waals surface area contributed by atoms with Gasteiger partial charge in [-0.05, 0) is 24.3 Å². The van der Waals surface area contributed by atoms with Crippen LogP contribution in [0.15, 0.2) is 48.5 Å². The summed E-state index contributed by atoms with van der Waals surface area (Å²) in [6.07, 6.45) is -0.354. The number of ether oxygens (including phenoxy) is 4. The number of para-hydroxylation sites is 3. The lowest BCUT2D eigenvalue weighted by Crippen LogP contribution is -2.43. The van der Waals surface area contributed by atoms with Crippen LogP contribution in [-0.4, -0.2) is 56.3 Å². The molecular weight excluding hydrogens is 381 g/mol. The molecule has 2 atom stereocenters. The summed E-state index contributed by atoms with van der Waals surface area (Å²) in [4.78, 5) is 26.2. The van der Waals surface area contributed by atoms with E-state index in [0.29, 0.717) is 11.5 Å². The van der Waals surface area contributed by atoms with Crippen molar-refractivity contribution in [1.29, 1.82) is 0 Å². The Morgan fingerprint density at radius 3 is 2.34 bits per heavy atom. The minimum Gasteiger partial charge on any atom is -0.493 e. The number of halogens is 1. The van der Waals surface area contributed by atoms with Gasteiger partial charge in [0, 0.05) is 6.42 Å². The van der Waals surface area contributed by atoms with E-state index in [1.165, 1.54) is 31.3 Å². The first-order chi connectivity index (χ1) is 14.0. The number of hydrogen-bond donors (Lipinski definition) is 0. The zero-order chi connectivity index (χ0) is 20.8. The predicted molar refractivity (Wildman–Crippen MR) is 101 cm³/mol. The summed E-state index contributed by atoms with van der Waals surface area (Å²) in [6.45, 7) is -0.178. The SMILES string of the molecule is COC(=O)[C@H]1C[C@@H](Oc2ccccc2F)CN1C(=O)COc1ccccc1OC. The molecule has 1 aliphatic rings. The Kier molecular flexibility index (Phi) is 6.54. The van der Waals surface area contributed by atoms with Gasteiger partial charge in [-0.1, -0.05) is 24.3 Å². The summed E-state index contributed by atoms with van der Waals surface area (Å²) in [5.74, 6) is -0.503. The Morgan fingerprint density at radius 1 is 1.03 bits per heavy atom. The number of esters is 1. The van der Waals surface area contributed by atoms with Gasteiger partial charge in [-0.3, -0.25) is 4.79 Å². The highest BCUT2D eigenvalue weighted by Gasteiger charge is 2.41. The van der Waals surface area contributed by atoms with E-state index >= 15 is 0 Å². The van der Waals surface area contributed by atoms with Crippen molar-refractivity contribution in [3.8, 4) is 17.2 Å². The van der Waals surface area contributed by atoms with Crippen molar-refractivity contribution in [2.24, 2.45) is 0 Å². The molecule has 1 heterocycles. The third-order valence-electron chi connectivity index (χ3n) is 4.61. The number of carbonyl (C=O) groups is 2. The van der Waals surface area contributed by atoms with Gasteiger partial charge in [-0.15, -0.1) is 0 Å². The maximum atomic E-state index is 13.9. The molecule has 0 bridgehead atoms. The Hall–Kier alpha value is -3.29. The van der Waals surface area contributed by atoms with Gasteiger partial charge in [0.1, 0.15) is 12.1 Å². The van der Waals surface area contributed by atoms with Crippen LogP contribution in [0.2, 0.25) is 0 Å². The van der Waals surface area contributed by atoms with Gasteiger partial charge in [-0.2, -0.15) is 0 Å². The summed E-state index contributed by atoms with van der Waals surface area (Å²) >= 11 is 0. The van der Waals surface area contributed by atoms with E-state index in [1.54, 1.807) is 36.4 Å². The molecule has 0 aromatic heterocycles. The summed E-state index contributed by atoms with van der Waals surface area (Å²) in [5, 5.41) is 0. The lowest BCUT2D eigenvalue weighted by atomic mass is 10.2. The van der Waals surface area contributed by atoms with Gasteiger partial charge in [-0.25, -0.2) is 9.18 Å². The first-order valence-corrected chi connectivity index (χ1v) is 9.07. The molecule has 0 aliphatic carbocycles. The van der Waals surface area contributed by atoms with Crippen molar-refractivity contribution in [1.82, 2.24) is 4.90 Å². The zero-order valence-electron chi connectivity index (χ0n) is 16.2. The summed E-state index contributed by atoms with van der Waals surface area (Å²) in [7, 11) is 2.75. The quantitative estimate of drug-likeness (QED) is 0.661. The van der Waals surface area contributed by atoms with Crippen LogP contribution in [-0.2, 0) is 14.3 Å². The van der Waals surface area contributed by atoms with Crippen LogP contribution in [0, 0.1) is 5.82 Å². The van der Waals surface area contributed by atoms with Crippen molar-refractivity contribution in [2.45, 2.75) is 18.6 Å². The van der Waals surface area contributed by atoms with E-state index in [2.05, 4.69) is 0 Å². The molecule has 0 radical (unpaired) electrons. The van der Waals surface area contributed by atoms with Crippen molar-refractivity contribution in [3.63, 3.8) is 0 Å². The summed E-state index contributed by atoms with van der Waals surface area (Å²) < 4.78 is 35.1. The number of nitrogens with zero attached hydrogens (tertiary/aromatic N) is 1. The first-order valence-electron chi connectivity index (χ1n) is 9.07. The van der Waals surface area contributed by atoms with Crippen molar-refractivity contribution < 1.29 is 32.9 Å². The minimum absolute atomic E-state index is 0.0701. The van der Waals surface area contributed by atoms with Gasteiger partial charge in [0.25, 0.3) is 5.91 Å². The van der Waals surface area contributed by atoms with E-state index in [0.717, 1.165) is 0 Å². The topological polar surface area (TPSA) is 74.3 Å². The van der Waals surface area contributed by atoms with Crippen LogP contribution in [0.4, 0.5) is 4.39 Å². The molecule has 1 aliphatic heterocycles. The van der Waals surface area contributed by atoms with Gasteiger partial charge < -0.3 is 23.8 Å². The lowest BCUT2D eigenvalue weighted by Gasteiger charge is -2.22. The largest absolute Gasteiger partial charge is 0.493 e. The predicted octanol–water partition coefficient (Wildman–Crippen LogP) is 2.43. The molecule has 1 amide bonds. The summed E-state index contributed by atoms with van der Waals surface area (Å²) in [6, 6.07) is 12.1. The Balaban J connectivity index is 1.69. The number of rotatable bonds is 7. The molecule has 0 saturated carbocycles. The molecule has 3 rings (SSSR count). The monoisotopic (exact) mass is 403 g/mol. The van der Waals surface area contributed by atoms with E-state index in [1.807, 2.05) is 0 Å². The molecule has 0 unspecified atom stereocenters. The van der Waals surface area contributed by atoms with Crippen LogP contribution in [0.5, 0.6) is 17.2 Å². The summed E-state index contributed by atoms with van der Waals surface area (Å²) in [5.41, 5.74) is 0. The molecule has 7 nitrogen and oxygen atoms in total. The number of likely N-dealkylation sites (tertiary alicyclic amines) is 1. The molecule has 0 N–H and O–H groups in total. The number of amides is 1. The third kappa shape index (κ3) is 4.77. The molecule has 1 fully saturated rings. The average molecular weight is 403 g/mol. The molecular formula is C21H22FNO6. The molecule has 29 heavy (non-hydrogen) atoms. The van der Waals surface area contributed by atoms with E-state index in [9.17, 15) is 14.0 Å². The highest BCUT2D eigenvalue weighted by atomic mass is 19.1. The fourth-order valence-electron chi connectivity index (χ4n) is 3.20. The van der Waals surface area contributed by atoms with Crippen LogP contribution < -0.4 is 14.2 Å². The molecule has 8 heteroatoms. The molecule has 2 aromatic rings. The molecule has 154 valence electrons. The number of methoxy groups -OCH3 is 2. The van der Waals surface area contributed by atoms with Crippen LogP contribution in [0.25, 0.3) is 0 Å². The zero-order valence-corrected chi connectivity index (χ0v) is 16.2. The molecule has 1 saturated heterocycles. The maximum Gasteiger partial charge on any atom is 0.328 e. The Labute approximate surface area is 167 Å². The Morgan fingerprint density at radius 2 is 1.69 bits per heavy atom. The van der Waals surface area contributed by atoms with Gasteiger partial charge >= 0.3 is 5.97 Å². The van der Waals surface area contributed by atoms with Crippen LogP contribution in [0.3, 0.4) is 0 Å². The van der Waals surface area contributed by atoms with Gasteiger partial charge in [0.2, 0.25) is 0 Å². The van der Waals surface area contributed by atoms with E-state index in [4.69, 9.17) is 18.9 Å². The maximum absolute atomic E-state index is 13.9. The lowest BCUT2D eigenvalue weighted by molar-refractivity contribution is -0.151. The first kappa shape index (κ1) is 20.4.